The lowest BCUT2D eigenvalue weighted by Crippen LogP contribution is -2.27. The van der Waals surface area contributed by atoms with Crippen LogP contribution in [-0.2, 0) is 17.9 Å². The molecule has 0 atom stereocenters. The van der Waals surface area contributed by atoms with Gasteiger partial charge in [-0.2, -0.15) is 0 Å². The van der Waals surface area contributed by atoms with Gasteiger partial charge in [0.2, 0.25) is 0 Å². The molecular formula is C28H18Br2INO3S. The van der Waals surface area contributed by atoms with Gasteiger partial charge in [-0.1, -0.05) is 54.6 Å². The van der Waals surface area contributed by atoms with Crippen LogP contribution in [0.1, 0.15) is 16.7 Å². The first-order chi connectivity index (χ1) is 17.4. The molecule has 1 fully saturated rings. The lowest BCUT2D eigenvalue weighted by Gasteiger charge is -2.13. The molecule has 5 rings (SSSR count). The first-order valence-electron chi connectivity index (χ1n) is 11.0. The Morgan fingerprint density at radius 2 is 1.61 bits per heavy atom. The molecule has 1 saturated heterocycles. The molecule has 1 aliphatic heterocycles. The van der Waals surface area contributed by atoms with Crippen LogP contribution < -0.4 is 4.74 Å². The SMILES string of the molecule is O=C1S/C(=C\c2cc(Br)c(OCc3cccc4ccccc34)c(Br)c2)C(=O)N1Cc1ccc(I)cc1. The number of halogens is 3. The van der Waals surface area contributed by atoms with Gasteiger partial charge in [-0.15, -0.1) is 0 Å². The van der Waals surface area contributed by atoms with Crippen molar-refractivity contribution < 1.29 is 14.3 Å². The highest BCUT2D eigenvalue weighted by atomic mass is 127. The molecule has 0 N–H and O–H groups in total. The van der Waals surface area contributed by atoms with Gasteiger partial charge in [0.1, 0.15) is 12.4 Å². The maximum atomic E-state index is 13.0. The summed E-state index contributed by atoms with van der Waals surface area (Å²) in [5.41, 5.74) is 2.79. The number of imide groups is 1. The molecule has 1 heterocycles. The minimum Gasteiger partial charge on any atom is -0.487 e. The summed E-state index contributed by atoms with van der Waals surface area (Å²) in [6, 6.07) is 25.9. The number of carbonyl (C=O) groups excluding carboxylic acids is 2. The smallest absolute Gasteiger partial charge is 0.293 e. The maximum Gasteiger partial charge on any atom is 0.293 e. The Morgan fingerprint density at radius 1 is 0.917 bits per heavy atom. The fourth-order valence-electron chi connectivity index (χ4n) is 3.93. The van der Waals surface area contributed by atoms with Crippen molar-refractivity contribution in [3.05, 3.63) is 113 Å². The van der Waals surface area contributed by atoms with Crippen LogP contribution in [0.15, 0.2) is 92.7 Å². The lowest BCUT2D eigenvalue weighted by molar-refractivity contribution is -0.123. The van der Waals surface area contributed by atoms with Gasteiger partial charge in [-0.3, -0.25) is 14.5 Å². The van der Waals surface area contributed by atoms with Crippen molar-refractivity contribution in [1.82, 2.24) is 4.90 Å². The highest BCUT2D eigenvalue weighted by Gasteiger charge is 2.35. The first-order valence-corrected chi connectivity index (χ1v) is 14.5. The van der Waals surface area contributed by atoms with Crippen molar-refractivity contribution in [2.24, 2.45) is 0 Å². The molecule has 0 aliphatic carbocycles. The molecular weight excluding hydrogens is 717 g/mol. The number of carbonyl (C=O) groups is 2. The number of fused-ring (bicyclic) bond motifs is 1. The molecule has 0 radical (unpaired) electrons. The second-order valence-electron chi connectivity index (χ2n) is 8.13. The van der Waals surface area contributed by atoms with Crippen molar-refractivity contribution >= 4 is 94.2 Å². The molecule has 1 aliphatic rings. The zero-order valence-electron chi connectivity index (χ0n) is 18.7. The van der Waals surface area contributed by atoms with Crippen LogP contribution in [0.25, 0.3) is 16.8 Å². The Bertz CT molecular complexity index is 1490. The van der Waals surface area contributed by atoms with Crippen LogP contribution in [0.4, 0.5) is 4.79 Å². The summed E-state index contributed by atoms with van der Waals surface area (Å²) in [5.74, 6) is 0.388. The zero-order valence-corrected chi connectivity index (χ0v) is 24.9. The second-order valence-corrected chi connectivity index (χ2v) is 12.1. The quantitative estimate of drug-likeness (QED) is 0.147. The van der Waals surface area contributed by atoms with Gasteiger partial charge >= 0.3 is 0 Å². The summed E-state index contributed by atoms with van der Waals surface area (Å²) < 4.78 is 8.77. The van der Waals surface area contributed by atoms with Crippen LogP contribution in [0, 0.1) is 3.57 Å². The number of benzene rings is 4. The van der Waals surface area contributed by atoms with Gasteiger partial charge in [-0.05, 0) is 124 Å². The van der Waals surface area contributed by atoms with E-state index in [1.165, 1.54) is 10.3 Å². The van der Waals surface area contributed by atoms with Gasteiger partial charge in [0.25, 0.3) is 11.1 Å². The highest BCUT2D eigenvalue weighted by Crippen LogP contribution is 2.38. The fourth-order valence-corrected chi connectivity index (χ4v) is 6.58. The number of hydrogen-bond acceptors (Lipinski definition) is 4. The normalized spacial score (nSPS) is 14.8. The van der Waals surface area contributed by atoms with E-state index in [1.54, 1.807) is 6.08 Å². The number of amides is 2. The van der Waals surface area contributed by atoms with E-state index in [9.17, 15) is 9.59 Å². The van der Waals surface area contributed by atoms with E-state index >= 15 is 0 Å². The third kappa shape index (κ3) is 5.56. The molecule has 36 heavy (non-hydrogen) atoms. The summed E-state index contributed by atoms with van der Waals surface area (Å²) in [6.07, 6.45) is 1.74. The Hall–Kier alpha value is -2.14. The van der Waals surface area contributed by atoms with Gasteiger partial charge < -0.3 is 4.74 Å². The van der Waals surface area contributed by atoms with Crippen LogP contribution in [-0.4, -0.2) is 16.0 Å². The van der Waals surface area contributed by atoms with E-state index in [1.807, 2.05) is 54.6 Å². The van der Waals surface area contributed by atoms with Gasteiger partial charge in [-0.25, -0.2) is 0 Å². The molecule has 4 aromatic carbocycles. The molecule has 0 spiro atoms. The predicted molar refractivity (Wildman–Crippen MR) is 161 cm³/mol. The lowest BCUT2D eigenvalue weighted by atomic mass is 10.1. The topological polar surface area (TPSA) is 46.6 Å². The second kappa shape index (κ2) is 11.1. The van der Waals surface area contributed by atoms with Gasteiger partial charge in [0, 0.05) is 3.57 Å². The number of thioether (sulfide) groups is 1. The highest BCUT2D eigenvalue weighted by molar-refractivity contribution is 14.1. The van der Waals surface area contributed by atoms with E-state index in [0.717, 1.165) is 46.4 Å². The number of hydrogen-bond donors (Lipinski definition) is 0. The molecule has 2 amide bonds. The summed E-state index contributed by atoms with van der Waals surface area (Å²) in [7, 11) is 0. The summed E-state index contributed by atoms with van der Waals surface area (Å²) in [5, 5.41) is 2.06. The largest absolute Gasteiger partial charge is 0.487 e. The van der Waals surface area contributed by atoms with Crippen molar-refractivity contribution in [2.45, 2.75) is 13.2 Å². The van der Waals surface area contributed by atoms with E-state index in [4.69, 9.17) is 4.74 Å². The summed E-state index contributed by atoms with van der Waals surface area (Å²) in [4.78, 5) is 27.2. The molecule has 4 aromatic rings. The Morgan fingerprint density at radius 3 is 2.36 bits per heavy atom. The Kier molecular flexibility index (Phi) is 7.85. The minimum atomic E-state index is -0.285. The number of ether oxygens (including phenoxy) is 1. The molecule has 0 unspecified atom stereocenters. The maximum absolute atomic E-state index is 13.0. The standard InChI is InChI=1S/C28H18Br2INO3S/c29-23-12-18(14-25-27(33)32(28(34)36-25)15-17-8-10-21(31)11-9-17)13-24(30)26(23)35-16-20-6-3-5-19-4-1-2-7-22(19)20/h1-14H,15-16H2/b25-14-. The van der Waals surface area contributed by atoms with Gasteiger partial charge in [0.05, 0.1) is 20.4 Å². The van der Waals surface area contributed by atoms with Crippen LogP contribution in [0.2, 0.25) is 0 Å². The van der Waals surface area contributed by atoms with Crippen molar-refractivity contribution in [1.29, 1.82) is 0 Å². The third-order valence-corrected chi connectivity index (χ3v) is 8.50. The molecule has 4 nitrogen and oxygen atoms in total. The van der Waals surface area contributed by atoms with Crippen molar-refractivity contribution in [2.75, 3.05) is 0 Å². The summed E-state index contributed by atoms with van der Waals surface area (Å²) in [6.45, 7) is 0.669. The van der Waals surface area contributed by atoms with Crippen LogP contribution in [0.5, 0.6) is 5.75 Å². The molecule has 0 bridgehead atoms. The van der Waals surface area contributed by atoms with Gasteiger partial charge in [0.15, 0.2) is 0 Å². The van der Waals surface area contributed by atoms with Crippen LogP contribution in [0.3, 0.4) is 0 Å². The fraction of sp³-hybridized carbons (Fsp3) is 0.0714. The van der Waals surface area contributed by atoms with Crippen molar-refractivity contribution in [3.63, 3.8) is 0 Å². The van der Waals surface area contributed by atoms with E-state index in [0.29, 0.717) is 17.3 Å². The first kappa shape index (κ1) is 25.5. The minimum absolute atomic E-state index is 0.257. The van der Waals surface area contributed by atoms with E-state index in [2.05, 4.69) is 78.7 Å². The molecule has 0 saturated carbocycles. The molecule has 0 aromatic heterocycles. The number of rotatable bonds is 6. The Balaban J connectivity index is 1.33. The Labute approximate surface area is 243 Å². The van der Waals surface area contributed by atoms with Crippen LogP contribution >= 0.6 is 66.2 Å². The summed E-state index contributed by atoms with van der Waals surface area (Å²) >= 11 is 10.4. The van der Waals surface area contributed by atoms with E-state index < -0.39 is 0 Å². The molecule has 180 valence electrons. The molecule has 8 heteroatoms. The predicted octanol–water partition coefficient (Wildman–Crippen LogP) is 8.78. The zero-order chi connectivity index (χ0) is 25.2. The number of nitrogens with zero attached hydrogens (tertiary/aromatic N) is 1. The average Bonchev–Trinajstić information content (AvgIpc) is 3.12. The average molecular weight is 735 g/mol. The van der Waals surface area contributed by atoms with Crippen molar-refractivity contribution in [3.8, 4) is 5.75 Å². The van der Waals surface area contributed by atoms with E-state index in [-0.39, 0.29) is 17.7 Å². The monoisotopic (exact) mass is 733 g/mol. The third-order valence-electron chi connectivity index (χ3n) is 5.70.